The number of quaternary nitrogens is 1. The highest BCUT2D eigenvalue weighted by molar-refractivity contribution is 7.99. The maximum absolute atomic E-state index is 12.4. The van der Waals surface area contributed by atoms with Gasteiger partial charge < -0.3 is 10.2 Å². The van der Waals surface area contributed by atoms with Gasteiger partial charge in [-0.1, -0.05) is 57.2 Å². The summed E-state index contributed by atoms with van der Waals surface area (Å²) < 4.78 is 0. The number of nitrogens with zero attached hydrogens (tertiary/aromatic N) is 1. The van der Waals surface area contributed by atoms with Crippen molar-refractivity contribution >= 4 is 23.4 Å². The van der Waals surface area contributed by atoms with E-state index in [9.17, 15) is 4.79 Å². The van der Waals surface area contributed by atoms with Crippen molar-refractivity contribution in [1.82, 2.24) is 0 Å². The second-order valence-corrected chi connectivity index (χ2v) is 8.77. The zero-order valence-corrected chi connectivity index (χ0v) is 17.3. The highest BCUT2D eigenvalue weighted by Crippen LogP contribution is 2.26. The first-order chi connectivity index (χ1) is 12.8. The van der Waals surface area contributed by atoms with Crippen LogP contribution in [-0.2, 0) is 16.8 Å². The smallest absolute Gasteiger partial charge is 0.279 e. The summed E-state index contributed by atoms with van der Waals surface area (Å²) in [6.45, 7) is 7.80. The number of carbonyl (C=O) groups is 1. The number of para-hydroxylation sites is 1. The fraction of sp³-hybridized carbons (Fsp3) is 0.364. The molecule has 0 radical (unpaired) electrons. The van der Waals surface area contributed by atoms with Crippen molar-refractivity contribution in [2.24, 2.45) is 0 Å². The van der Waals surface area contributed by atoms with E-state index < -0.39 is 0 Å². The molecule has 27 heavy (non-hydrogen) atoms. The number of benzene rings is 2. The van der Waals surface area contributed by atoms with Gasteiger partial charge in [0.1, 0.15) is 6.54 Å². The number of rotatable bonds is 7. The monoisotopic (exact) mass is 382 g/mol. The van der Waals surface area contributed by atoms with Gasteiger partial charge >= 0.3 is 0 Å². The number of nitrogens with one attached hydrogen (secondary N) is 2. The summed E-state index contributed by atoms with van der Waals surface area (Å²) in [5.74, 6) is 0.339. The molecule has 0 heterocycles. The minimum absolute atomic E-state index is 0.0242. The number of amides is 1. The predicted molar refractivity (Wildman–Crippen MR) is 112 cm³/mol. The van der Waals surface area contributed by atoms with Crippen LogP contribution in [0.5, 0.6) is 0 Å². The van der Waals surface area contributed by atoms with Gasteiger partial charge in [0.05, 0.1) is 24.6 Å². The number of hydrogen-bond donors (Lipinski definition) is 2. The van der Waals surface area contributed by atoms with Crippen molar-refractivity contribution in [3.05, 3.63) is 59.7 Å². The average Bonchev–Trinajstić information content (AvgIpc) is 2.60. The first kappa shape index (κ1) is 21.0. The van der Waals surface area contributed by atoms with Crippen LogP contribution in [0.4, 0.5) is 5.69 Å². The molecule has 0 fully saturated rings. The zero-order valence-electron chi connectivity index (χ0n) is 16.5. The first-order valence-corrected chi connectivity index (χ1v) is 10.1. The molecule has 2 aromatic carbocycles. The molecule has 5 heteroatoms. The fourth-order valence-electron chi connectivity index (χ4n) is 2.81. The summed E-state index contributed by atoms with van der Waals surface area (Å²) in [6.07, 6.45) is 0. The zero-order chi connectivity index (χ0) is 19.9. The van der Waals surface area contributed by atoms with E-state index in [2.05, 4.69) is 56.4 Å². The summed E-state index contributed by atoms with van der Waals surface area (Å²) in [6, 6.07) is 18.4. The Hall–Kier alpha value is -2.29. The van der Waals surface area contributed by atoms with Gasteiger partial charge in [-0.25, -0.2) is 0 Å². The van der Waals surface area contributed by atoms with Crippen LogP contribution in [0, 0.1) is 11.3 Å². The Morgan fingerprint density at radius 1 is 1.15 bits per heavy atom. The van der Waals surface area contributed by atoms with Gasteiger partial charge in [0.15, 0.2) is 6.54 Å². The molecule has 2 N–H and O–H groups in total. The quantitative estimate of drug-likeness (QED) is 0.723. The van der Waals surface area contributed by atoms with Crippen LogP contribution in [0.15, 0.2) is 53.4 Å². The topological polar surface area (TPSA) is 57.3 Å². The number of nitriles is 1. The van der Waals surface area contributed by atoms with Gasteiger partial charge in [0.2, 0.25) is 0 Å². The molecule has 1 atom stereocenters. The molecule has 0 aliphatic heterocycles. The van der Waals surface area contributed by atoms with Crippen LogP contribution in [0.2, 0.25) is 0 Å². The van der Waals surface area contributed by atoms with Crippen LogP contribution in [-0.4, -0.2) is 25.3 Å². The van der Waals surface area contributed by atoms with Crippen molar-refractivity contribution in [2.45, 2.75) is 37.6 Å². The normalized spacial score (nSPS) is 12.3. The van der Waals surface area contributed by atoms with Gasteiger partial charge in [-0.2, -0.15) is 5.26 Å². The molecular weight excluding hydrogens is 354 g/mol. The van der Waals surface area contributed by atoms with Gasteiger partial charge in [0, 0.05) is 10.5 Å². The van der Waals surface area contributed by atoms with Crippen LogP contribution in [0.3, 0.4) is 0 Å². The molecule has 0 aromatic heterocycles. The summed E-state index contributed by atoms with van der Waals surface area (Å²) in [4.78, 5) is 14.5. The number of thioether (sulfide) groups is 1. The first-order valence-electron chi connectivity index (χ1n) is 9.09. The molecule has 0 spiro atoms. The Bertz CT molecular complexity index is 804. The highest BCUT2D eigenvalue weighted by atomic mass is 32.2. The fourth-order valence-corrected chi connectivity index (χ4v) is 3.48. The minimum Gasteiger partial charge on any atom is -0.326 e. The molecule has 2 aromatic rings. The van der Waals surface area contributed by atoms with E-state index in [0.29, 0.717) is 12.3 Å². The lowest BCUT2D eigenvalue weighted by Crippen LogP contribution is -3.08. The van der Waals surface area contributed by atoms with Gasteiger partial charge in [0.25, 0.3) is 5.91 Å². The lowest BCUT2D eigenvalue weighted by Gasteiger charge is -2.20. The van der Waals surface area contributed by atoms with Crippen molar-refractivity contribution in [2.75, 3.05) is 24.7 Å². The second kappa shape index (κ2) is 9.59. The third-order valence-electron chi connectivity index (χ3n) is 4.24. The maximum atomic E-state index is 12.4. The molecule has 142 valence electrons. The second-order valence-electron chi connectivity index (χ2n) is 7.75. The molecule has 0 saturated carbocycles. The molecule has 4 nitrogen and oxygen atoms in total. The maximum Gasteiger partial charge on any atom is 0.279 e. The van der Waals surface area contributed by atoms with Gasteiger partial charge in [-0.3, -0.25) is 4.79 Å². The average molecular weight is 383 g/mol. The van der Waals surface area contributed by atoms with E-state index >= 15 is 0 Å². The summed E-state index contributed by atoms with van der Waals surface area (Å²) in [7, 11) is 2.02. The molecule has 0 bridgehead atoms. The van der Waals surface area contributed by atoms with Crippen LogP contribution in [0.25, 0.3) is 0 Å². The summed E-state index contributed by atoms with van der Waals surface area (Å²) in [5.41, 5.74) is 3.45. The number of anilines is 1. The predicted octanol–water partition coefficient (Wildman–Crippen LogP) is 3.25. The van der Waals surface area contributed by atoms with E-state index in [1.54, 1.807) is 0 Å². The molecule has 0 aliphatic carbocycles. The van der Waals surface area contributed by atoms with E-state index in [0.717, 1.165) is 22.0 Å². The van der Waals surface area contributed by atoms with E-state index in [-0.39, 0.29) is 11.3 Å². The van der Waals surface area contributed by atoms with E-state index in [4.69, 9.17) is 5.26 Å². The highest BCUT2D eigenvalue weighted by Gasteiger charge is 2.15. The van der Waals surface area contributed by atoms with Crippen molar-refractivity contribution in [3.63, 3.8) is 0 Å². The standard InChI is InChI=1S/C22H27N3OS/c1-22(2,3)18-11-9-17(10-12-18)15-25(4)16-21(26)24-19-7-5-6-8-20(19)27-14-13-23/h5-12H,14-16H2,1-4H3,(H,24,26)/p+1. The lowest BCUT2D eigenvalue weighted by atomic mass is 9.87. The molecular formula is C22H28N3OS+. The van der Waals surface area contributed by atoms with Gasteiger partial charge in [-0.05, 0) is 23.1 Å². The number of carbonyl (C=O) groups excluding carboxylic acids is 1. The number of likely N-dealkylation sites (N-methyl/N-ethyl adjacent to an activating group) is 1. The van der Waals surface area contributed by atoms with Crippen molar-refractivity contribution in [3.8, 4) is 6.07 Å². The Labute approximate surface area is 166 Å². The number of hydrogen-bond acceptors (Lipinski definition) is 3. The Balaban J connectivity index is 1.92. The third-order valence-corrected chi connectivity index (χ3v) is 5.18. The van der Waals surface area contributed by atoms with Crippen LogP contribution in [0.1, 0.15) is 31.9 Å². The lowest BCUT2D eigenvalue weighted by molar-refractivity contribution is -0.885. The van der Waals surface area contributed by atoms with Crippen molar-refractivity contribution in [1.29, 1.82) is 5.26 Å². The Morgan fingerprint density at radius 2 is 1.81 bits per heavy atom. The van der Waals surface area contributed by atoms with Crippen LogP contribution >= 0.6 is 11.8 Å². The molecule has 1 amide bonds. The SMILES string of the molecule is C[NH+](CC(=O)Nc1ccccc1SCC#N)Cc1ccc(C(C)(C)C)cc1. The largest absolute Gasteiger partial charge is 0.326 e. The molecule has 2 rings (SSSR count). The Morgan fingerprint density at radius 3 is 2.44 bits per heavy atom. The molecule has 0 saturated heterocycles. The van der Waals surface area contributed by atoms with E-state index in [1.807, 2.05) is 31.3 Å². The van der Waals surface area contributed by atoms with Crippen molar-refractivity contribution < 1.29 is 9.69 Å². The Kier molecular flexibility index (Phi) is 7.46. The van der Waals surface area contributed by atoms with Crippen LogP contribution < -0.4 is 10.2 Å². The van der Waals surface area contributed by atoms with Gasteiger partial charge in [-0.15, -0.1) is 11.8 Å². The summed E-state index contributed by atoms with van der Waals surface area (Å²) in [5, 5.41) is 11.7. The van der Waals surface area contributed by atoms with E-state index in [1.165, 1.54) is 22.9 Å². The third kappa shape index (κ3) is 6.74. The minimum atomic E-state index is -0.0242. The molecule has 1 unspecified atom stereocenters. The summed E-state index contributed by atoms with van der Waals surface area (Å²) >= 11 is 1.43. The molecule has 0 aliphatic rings.